The van der Waals surface area contributed by atoms with Gasteiger partial charge in [0.05, 0.1) is 4.90 Å². The van der Waals surface area contributed by atoms with E-state index < -0.39 is 10.0 Å². The van der Waals surface area contributed by atoms with E-state index in [-0.39, 0.29) is 10.9 Å². The summed E-state index contributed by atoms with van der Waals surface area (Å²) in [6.07, 6.45) is 0. The van der Waals surface area contributed by atoms with Gasteiger partial charge in [0.15, 0.2) is 0 Å². The number of amides is 2. The summed E-state index contributed by atoms with van der Waals surface area (Å²) in [6.45, 7) is 6.38. The zero-order valence-corrected chi connectivity index (χ0v) is 13.9. The van der Waals surface area contributed by atoms with Gasteiger partial charge in [-0.3, -0.25) is 0 Å². The largest absolute Gasteiger partial charge is 0.327 e. The summed E-state index contributed by atoms with van der Waals surface area (Å²) < 4.78 is 26.1. The standard InChI is InChI=1S/C14H23N3O3S/c1-10(2)9-17(5)14(18)16-12-7-6-11(3)13(8-12)21(19,20)15-4/h6-8,10,15H,9H2,1-5H3,(H,16,18). The maximum Gasteiger partial charge on any atom is 0.321 e. The number of aryl methyl sites for hydroxylation is 1. The van der Waals surface area contributed by atoms with Crippen LogP contribution in [0.3, 0.4) is 0 Å². The van der Waals surface area contributed by atoms with Gasteiger partial charge in [0, 0.05) is 19.3 Å². The lowest BCUT2D eigenvalue weighted by molar-refractivity contribution is 0.217. The molecule has 0 atom stereocenters. The number of hydrogen-bond donors (Lipinski definition) is 2. The highest BCUT2D eigenvalue weighted by molar-refractivity contribution is 7.89. The molecular weight excluding hydrogens is 290 g/mol. The van der Waals surface area contributed by atoms with E-state index in [4.69, 9.17) is 0 Å². The fourth-order valence-corrected chi connectivity index (χ4v) is 2.92. The highest BCUT2D eigenvalue weighted by atomic mass is 32.2. The summed E-state index contributed by atoms with van der Waals surface area (Å²) in [7, 11) is -0.481. The molecule has 0 spiro atoms. The molecule has 0 aliphatic carbocycles. The third kappa shape index (κ3) is 4.71. The van der Waals surface area contributed by atoms with Gasteiger partial charge in [0.2, 0.25) is 10.0 Å². The Morgan fingerprint density at radius 2 is 1.95 bits per heavy atom. The maximum absolute atomic E-state index is 12.0. The SMILES string of the molecule is CNS(=O)(=O)c1cc(NC(=O)N(C)CC(C)C)ccc1C. The van der Waals surface area contributed by atoms with Gasteiger partial charge in [0.1, 0.15) is 0 Å². The Balaban J connectivity index is 2.96. The Morgan fingerprint density at radius 1 is 1.33 bits per heavy atom. The van der Waals surface area contributed by atoms with Crippen LogP contribution < -0.4 is 10.0 Å². The van der Waals surface area contributed by atoms with Crippen molar-refractivity contribution < 1.29 is 13.2 Å². The topological polar surface area (TPSA) is 78.5 Å². The van der Waals surface area contributed by atoms with Crippen LogP contribution in [-0.2, 0) is 10.0 Å². The molecule has 0 radical (unpaired) electrons. The Bertz CT molecular complexity index is 612. The molecular formula is C14H23N3O3S. The monoisotopic (exact) mass is 313 g/mol. The number of nitrogens with one attached hydrogen (secondary N) is 2. The van der Waals surface area contributed by atoms with Gasteiger partial charge in [-0.05, 0) is 37.6 Å². The van der Waals surface area contributed by atoms with Crippen molar-refractivity contribution >= 4 is 21.7 Å². The molecule has 0 aliphatic heterocycles. The third-order valence-corrected chi connectivity index (χ3v) is 4.54. The summed E-state index contributed by atoms with van der Waals surface area (Å²) in [6, 6.07) is 4.55. The fourth-order valence-electron chi connectivity index (χ4n) is 1.93. The quantitative estimate of drug-likeness (QED) is 0.873. The second-order valence-electron chi connectivity index (χ2n) is 5.39. The van der Waals surface area contributed by atoms with Crippen LogP contribution in [0, 0.1) is 12.8 Å². The molecule has 21 heavy (non-hydrogen) atoms. The normalized spacial score (nSPS) is 11.5. The summed E-state index contributed by atoms with van der Waals surface area (Å²) in [5.41, 5.74) is 1.08. The first-order chi connectivity index (χ1) is 9.67. The molecule has 0 unspecified atom stereocenters. The Hall–Kier alpha value is -1.60. The molecule has 2 N–H and O–H groups in total. The summed E-state index contributed by atoms with van der Waals surface area (Å²) in [5.74, 6) is 0.360. The van der Waals surface area contributed by atoms with Crippen LogP contribution in [0.25, 0.3) is 0 Å². The van der Waals surface area contributed by atoms with Crippen molar-refractivity contribution in [1.82, 2.24) is 9.62 Å². The van der Waals surface area contributed by atoms with E-state index in [2.05, 4.69) is 10.0 Å². The Morgan fingerprint density at radius 3 is 2.48 bits per heavy atom. The number of anilines is 1. The van der Waals surface area contributed by atoms with Crippen molar-refractivity contribution in [3.8, 4) is 0 Å². The van der Waals surface area contributed by atoms with Crippen LogP contribution in [0.15, 0.2) is 23.1 Å². The lowest BCUT2D eigenvalue weighted by atomic mass is 10.2. The average molecular weight is 313 g/mol. The van der Waals surface area contributed by atoms with Crippen LogP contribution >= 0.6 is 0 Å². The molecule has 0 saturated carbocycles. The van der Waals surface area contributed by atoms with Gasteiger partial charge >= 0.3 is 6.03 Å². The first-order valence-corrected chi connectivity index (χ1v) is 8.22. The minimum Gasteiger partial charge on any atom is -0.327 e. The van der Waals surface area contributed by atoms with Gasteiger partial charge in [-0.25, -0.2) is 17.9 Å². The molecule has 0 aliphatic rings. The molecule has 0 fully saturated rings. The molecule has 118 valence electrons. The van der Waals surface area contributed by atoms with Gasteiger partial charge in [-0.1, -0.05) is 19.9 Å². The predicted octanol–water partition coefficient (Wildman–Crippen LogP) is 2.02. The second kappa shape index (κ2) is 6.91. The minimum absolute atomic E-state index is 0.161. The Kier molecular flexibility index (Phi) is 5.74. The highest BCUT2D eigenvalue weighted by Gasteiger charge is 2.16. The van der Waals surface area contributed by atoms with Gasteiger partial charge < -0.3 is 10.2 Å². The zero-order valence-electron chi connectivity index (χ0n) is 13.1. The number of urea groups is 1. The predicted molar refractivity (Wildman–Crippen MR) is 83.9 cm³/mol. The fraction of sp³-hybridized carbons (Fsp3) is 0.500. The lowest BCUT2D eigenvalue weighted by Crippen LogP contribution is -2.34. The molecule has 0 saturated heterocycles. The van der Waals surface area contributed by atoms with Gasteiger partial charge in [-0.2, -0.15) is 0 Å². The van der Waals surface area contributed by atoms with E-state index in [1.54, 1.807) is 31.0 Å². The van der Waals surface area contributed by atoms with Crippen molar-refractivity contribution in [1.29, 1.82) is 0 Å². The van der Waals surface area contributed by atoms with Crippen LogP contribution in [-0.4, -0.2) is 40.0 Å². The van der Waals surface area contributed by atoms with E-state index in [1.807, 2.05) is 13.8 Å². The number of benzene rings is 1. The van der Waals surface area contributed by atoms with Crippen molar-refractivity contribution in [2.24, 2.45) is 5.92 Å². The first-order valence-electron chi connectivity index (χ1n) is 6.73. The molecule has 1 aromatic carbocycles. The maximum atomic E-state index is 12.0. The number of hydrogen-bond acceptors (Lipinski definition) is 3. The summed E-state index contributed by atoms with van der Waals surface area (Å²) in [4.78, 5) is 13.7. The van der Waals surface area contributed by atoms with E-state index in [0.717, 1.165) is 0 Å². The van der Waals surface area contributed by atoms with Crippen molar-refractivity contribution in [2.45, 2.75) is 25.7 Å². The smallest absolute Gasteiger partial charge is 0.321 e. The summed E-state index contributed by atoms with van der Waals surface area (Å²) >= 11 is 0. The number of sulfonamides is 1. The molecule has 0 bridgehead atoms. The van der Waals surface area contributed by atoms with Crippen LogP contribution in [0.1, 0.15) is 19.4 Å². The van der Waals surface area contributed by atoms with Crippen LogP contribution in [0.2, 0.25) is 0 Å². The minimum atomic E-state index is -3.54. The molecule has 0 heterocycles. The number of carbonyl (C=O) groups is 1. The zero-order chi connectivity index (χ0) is 16.2. The number of nitrogens with zero attached hydrogens (tertiary/aromatic N) is 1. The third-order valence-electron chi connectivity index (χ3n) is 2.98. The van der Waals surface area contributed by atoms with Gasteiger partial charge in [0.25, 0.3) is 0 Å². The van der Waals surface area contributed by atoms with E-state index >= 15 is 0 Å². The van der Waals surface area contributed by atoms with Crippen molar-refractivity contribution in [2.75, 3.05) is 26.0 Å². The van der Waals surface area contributed by atoms with Crippen LogP contribution in [0.5, 0.6) is 0 Å². The number of carbonyl (C=O) groups excluding carboxylic acids is 1. The second-order valence-corrected chi connectivity index (χ2v) is 7.25. The molecule has 0 aromatic heterocycles. The van der Waals surface area contributed by atoms with E-state index in [0.29, 0.717) is 23.7 Å². The number of rotatable bonds is 5. The lowest BCUT2D eigenvalue weighted by Gasteiger charge is -2.20. The first kappa shape index (κ1) is 17.5. The molecule has 6 nitrogen and oxygen atoms in total. The van der Waals surface area contributed by atoms with E-state index in [9.17, 15) is 13.2 Å². The van der Waals surface area contributed by atoms with Crippen LogP contribution in [0.4, 0.5) is 10.5 Å². The van der Waals surface area contributed by atoms with Crippen molar-refractivity contribution in [3.05, 3.63) is 23.8 Å². The van der Waals surface area contributed by atoms with E-state index in [1.165, 1.54) is 13.1 Å². The highest BCUT2D eigenvalue weighted by Crippen LogP contribution is 2.20. The Labute approximate surface area is 126 Å². The van der Waals surface area contributed by atoms with Crippen molar-refractivity contribution in [3.63, 3.8) is 0 Å². The molecule has 1 rings (SSSR count). The van der Waals surface area contributed by atoms with Gasteiger partial charge in [-0.15, -0.1) is 0 Å². The summed E-state index contributed by atoms with van der Waals surface area (Å²) in [5, 5.41) is 2.71. The molecule has 7 heteroatoms. The average Bonchev–Trinajstić information content (AvgIpc) is 2.39. The molecule has 2 amide bonds. The molecule has 1 aromatic rings.